The maximum atomic E-state index is 11.1. The molecule has 1 fully saturated rings. The van der Waals surface area contributed by atoms with Gasteiger partial charge >= 0.3 is 6.03 Å². The number of ether oxygens (including phenoxy) is 1. The summed E-state index contributed by atoms with van der Waals surface area (Å²) < 4.78 is 4.88. The van der Waals surface area contributed by atoms with Gasteiger partial charge in [0.15, 0.2) is 0 Å². The fraction of sp³-hybridized carbons (Fsp3) is 0.571. The van der Waals surface area contributed by atoms with Crippen LogP contribution >= 0.6 is 0 Å². The second kappa shape index (κ2) is 3.99. The van der Waals surface area contributed by atoms with Gasteiger partial charge in [0.25, 0.3) is 0 Å². The Kier molecular flexibility index (Phi) is 2.97. The van der Waals surface area contributed by atoms with Gasteiger partial charge in [-0.25, -0.2) is 9.69 Å². The SMILES string of the molecule is CCOCN1C(=O)CC(=O)NC1=O. The molecule has 13 heavy (non-hydrogen) atoms. The Balaban J connectivity index is 2.56. The van der Waals surface area contributed by atoms with Crippen LogP contribution in [0, 0.1) is 0 Å². The van der Waals surface area contributed by atoms with Gasteiger partial charge in [-0.1, -0.05) is 0 Å². The van der Waals surface area contributed by atoms with Gasteiger partial charge in [0.05, 0.1) is 0 Å². The Morgan fingerprint density at radius 2 is 2.15 bits per heavy atom. The number of nitrogens with one attached hydrogen (secondary N) is 1. The molecule has 72 valence electrons. The van der Waals surface area contributed by atoms with Crippen LogP contribution in [0.2, 0.25) is 0 Å². The number of urea groups is 1. The van der Waals surface area contributed by atoms with Crippen LogP contribution in [0.3, 0.4) is 0 Å². The van der Waals surface area contributed by atoms with Gasteiger partial charge in [-0.05, 0) is 6.92 Å². The Bertz CT molecular complexity index is 231. The first-order chi connectivity index (χ1) is 6.15. The van der Waals surface area contributed by atoms with E-state index >= 15 is 0 Å². The van der Waals surface area contributed by atoms with E-state index in [4.69, 9.17) is 4.74 Å². The number of amides is 4. The minimum absolute atomic E-state index is 0.103. The molecule has 1 heterocycles. The highest BCUT2D eigenvalue weighted by Crippen LogP contribution is 2.02. The molecule has 0 atom stereocenters. The number of imide groups is 2. The highest BCUT2D eigenvalue weighted by molar-refractivity contribution is 6.13. The lowest BCUT2D eigenvalue weighted by molar-refractivity contribution is -0.139. The summed E-state index contributed by atoms with van der Waals surface area (Å²) >= 11 is 0. The van der Waals surface area contributed by atoms with Crippen LogP contribution in [-0.2, 0) is 14.3 Å². The number of hydrogen-bond donors (Lipinski definition) is 1. The molecule has 1 aliphatic rings. The van der Waals surface area contributed by atoms with E-state index in [9.17, 15) is 14.4 Å². The Morgan fingerprint density at radius 3 is 2.69 bits per heavy atom. The van der Waals surface area contributed by atoms with Crippen LogP contribution in [0.1, 0.15) is 13.3 Å². The van der Waals surface area contributed by atoms with Crippen molar-refractivity contribution in [2.24, 2.45) is 0 Å². The molecule has 0 spiro atoms. The zero-order valence-corrected chi connectivity index (χ0v) is 7.20. The van der Waals surface area contributed by atoms with Crippen molar-refractivity contribution in [1.82, 2.24) is 10.2 Å². The van der Waals surface area contributed by atoms with E-state index in [1.54, 1.807) is 6.92 Å². The quantitative estimate of drug-likeness (QED) is 0.600. The zero-order valence-electron chi connectivity index (χ0n) is 7.20. The molecule has 6 heteroatoms. The monoisotopic (exact) mass is 186 g/mol. The second-order valence-corrected chi connectivity index (χ2v) is 2.47. The van der Waals surface area contributed by atoms with E-state index in [0.717, 1.165) is 4.90 Å². The van der Waals surface area contributed by atoms with Crippen LogP contribution in [0.15, 0.2) is 0 Å². The van der Waals surface area contributed by atoms with Crippen molar-refractivity contribution in [3.05, 3.63) is 0 Å². The first-order valence-corrected chi connectivity index (χ1v) is 3.87. The number of nitrogens with zero attached hydrogens (tertiary/aromatic N) is 1. The summed E-state index contributed by atoms with van der Waals surface area (Å²) in [6.07, 6.45) is -0.293. The summed E-state index contributed by atoms with van der Waals surface area (Å²) in [4.78, 5) is 33.6. The third kappa shape index (κ3) is 2.25. The maximum Gasteiger partial charge on any atom is 0.332 e. The summed E-state index contributed by atoms with van der Waals surface area (Å²) in [7, 11) is 0. The number of rotatable bonds is 3. The van der Waals surface area contributed by atoms with Crippen molar-refractivity contribution in [3.8, 4) is 0 Å². The summed E-state index contributed by atoms with van der Waals surface area (Å²) in [6, 6.07) is -0.713. The highest BCUT2D eigenvalue weighted by Gasteiger charge is 2.30. The predicted molar refractivity (Wildman–Crippen MR) is 41.5 cm³/mol. The largest absolute Gasteiger partial charge is 0.361 e. The molecule has 0 bridgehead atoms. The number of barbiturate groups is 1. The number of carbonyl (C=O) groups is 3. The van der Waals surface area contributed by atoms with E-state index < -0.39 is 17.8 Å². The van der Waals surface area contributed by atoms with E-state index in [-0.39, 0.29) is 13.2 Å². The van der Waals surface area contributed by atoms with Crippen LogP contribution in [0.4, 0.5) is 4.79 Å². The first-order valence-electron chi connectivity index (χ1n) is 3.87. The zero-order chi connectivity index (χ0) is 9.84. The smallest absolute Gasteiger partial charge is 0.332 e. The van der Waals surface area contributed by atoms with Crippen molar-refractivity contribution in [1.29, 1.82) is 0 Å². The standard InChI is InChI=1S/C7H10N2O4/c1-2-13-4-9-6(11)3-5(10)8-7(9)12/h2-4H2,1H3,(H,8,10,12). The first kappa shape index (κ1) is 9.66. The molecule has 1 N–H and O–H groups in total. The van der Waals surface area contributed by atoms with Crippen LogP contribution in [0.5, 0.6) is 0 Å². The number of hydrogen-bond acceptors (Lipinski definition) is 4. The van der Waals surface area contributed by atoms with E-state index in [1.165, 1.54) is 0 Å². The molecule has 0 radical (unpaired) electrons. The lowest BCUT2D eigenvalue weighted by Gasteiger charge is -2.23. The lowest BCUT2D eigenvalue weighted by Crippen LogP contribution is -2.53. The fourth-order valence-electron chi connectivity index (χ4n) is 0.890. The minimum atomic E-state index is -0.713. The van der Waals surface area contributed by atoms with E-state index in [1.807, 2.05) is 5.32 Å². The van der Waals surface area contributed by atoms with Crippen LogP contribution in [-0.4, -0.2) is 36.1 Å². The van der Waals surface area contributed by atoms with Crippen molar-refractivity contribution in [3.63, 3.8) is 0 Å². The lowest BCUT2D eigenvalue weighted by atomic mass is 10.3. The third-order valence-corrected chi connectivity index (χ3v) is 1.53. The van der Waals surface area contributed by atoms with Crippen molar-refractivity contribution < 1.29 is 19.1 Å². The Labute approximate surface area is 74.8 Å². The van der Waals surface area contributed by atoms with Gasteiger partial charge < -0.3 is 4.74 Å². The maximum absolute atomic E-state index is 11.1. The number of carbonyl (C=O) groups excluding carboxylic acids is 3. The van der Waals surface area contributed by atoms with Gasteiger partial charge in [-0.15, -0.1) is 0 Å². The summed E-state index contributed by atoms with van der Waals surface area (Å²) in [6.45, 7) is 2.05. The molecule has 0 saturated carbocycles. The van der Waals surface area contributed by atoms with E-state index in [0.29, 0.717) is 6.61 Å². The molecule has 0 aliphatic carbocycles. The van der Waals surface area contributed by atoms with Crippen molar-refractivity contribution in [2.45, 2.75) is 13.3 Å². The van der Waals surface area contributed by atoms with Crippen LogP contribution in [0.25, 0.3) is 0 Å². The molecule has 1 rings (SSSR count). The van der Waals surface area contributed by atoms with Crippen molar-refractivity contribution in [2.75, 3.05) is 13.3 Å². The molecule has 4 amide bonds. The normalized spacial score (nSPS) is 17.6. The molecule has 0 aromatic carbocycles. The molecular weight excluding hydrogens is 176 g/mol. The third-order valence-electron chi connectivity index (χ3n) is 1.53. The van der Waals surface area contributed by atoms with Gasteiger partial charge in [-0.3, -0.25) is 14.9 Å². The predicted octanol–water partition coefficient (Wildman–Crippen LogP) is -0.551. The minimum Gasteiger partial charge on any atom is -0.361 e. The summed E-state index contributed by atoms with van der Waals surface area (Å²) in [5.74, 6) is -1.09. The topological polar surface area (TPSA) is 75.7 Å². The fourth-order valence-corrected chi connectivity index (χ4v) is 0.890. The molecule has 0 aromatic heterocycles. The van der Waals surface area contributed by atoms with Gasteiger partial charge in [0, 0.05) is 6.61 Å². The second-order valence-electron chi connectivity index (χ2n) is 2.47. The Hall–Kier alpha value is -1.43. The Morgan fingerprint density at radius 1 is 1.46 bits per heavy atom. The molecule has 1 saturated heterocycles. The molecule has 0 unspecified atom stereocenters. The van der Waals surface area contributed by atoms with E-state index in [2.05, 4.69) is 0 Å². The van der Waals surface area contributed by atoms with Gasteiger partial charge in [-0.2, -0.15) is 0 Å². The van der Waals surface area contributed by atoms with Gasteiger partial charge in [0.2, 0.25) is 11.8 Å². The molecular formula is C7H10N2O4. The highest BCUT2D eigenvalue weighted by atomic mass is 16.5. The molecule has 0 aromatic rings. The van der Waals surface area contributed by atoms with Crippen LogP contribution < -0.4 is 5.32 Å². The average molecular weight is 186 g/mol. The summed E-state index contributed by atoms with van der Waals surface area (Å²) in [5.41, 5.74) is 0. The molecule has 6 nitrogen and oxygen atoms in total. The molecule has 1 aliphatic heterocycles. The van der Waals surface area contributed by atoms with Gasteiger partial charge in [0.1, 0.15) is 13.2 Å². The summed E-state index contributed by atoms with van der Waals surface area (Å²) in [5, 5.41) is 2.02. The van der Waals surface area contributed by atoms with Crippen molar-refractivity contribution >= 4 is 17.8 Å². The average Bonchev–Trinajstić information content (AvgIpc) is 2.02.